The molecule has 0 aliphatic carbocycles. The van der Waals surface area contributed by atoms with Crippen molar-refractivity contribution >= 4 is 5.78 Å². The van der Waals surface area contributed by atoms with Crippen molar-refractivity contribution in [2.75, 3.05) is 19.7 Å². The fourth-order valence-corrected chi connectivity index (χ4v) is 2.88. The molecule has 21 heavy (non-hydrogen) atoms. The zero-order chi connectivity index (χ0) is 15.2. The fourth-order valence-electron chi connectivity index (χ4n) is 2.88. The molecule has 1 rings (SSSR count). The summed E-state index contributed by atoms with van der Waals surface area (Å²) in [6.07, 6.45) is 14.3. The maximum atomic E-state index is 11.8. The molecule has 0 spiro atoms. The van der Waals surface area contributed by atoms with Crippen molar-refractivity contribution in [2.45, 2.75) is 90.1 Å². The lowest BCUT2D eigenvalue weighted by Crippen LogP contribution is -2.32. The van der Waals surface area contributed by atoms with E-state index in [9.17, 15) is 4.79 Å². The van der Waals surface area contributed by atoms with Crippen LogP contribution >= 0.6 is 0 Å². The lowest BCUT2D eigenvalue weighted by atomic mass is 10.1. The number of Topliss-reactive ketones (excluding diaryl/α,β-unsaturated/α-hetero) is 1. The molecule has 3 heteroatoms. The highest BCUT2D eigenvalue weighted by molar-refractivity contribution is 5.78. The van der Waals surface area contributed by atoms with Crippen molar-refractivity contribution in [1.29, 1.82) is 0 Å². The highest BCUT2D eigenvalue weighted by Gasteiger charge is 2.13. The first-order valence-electron chi connectivity index (χ1n) is 9.17. The fraction of sp³-hybridized carbons (Fsp3) is 0.944. The summed E-state index contributed by atoms with van der Waals surface area (Å²) in [4.78, 5) is 11.8. The molecule has 1 heterocycles. The van der Waals surface area contributed by atoms with Gasteiger partial charge in [0.1, 0.15) is 5.78 Å². The minimum absolute atomic E-state index is 0.377. The van der Waals surface area contributed by atoms with Crippen LogP contribution < -0.4 is 5.32 Å². The maximum Gasteiger partial charge on any atom is 0.135 e. The minimum Gasteiger partial charge on any atom is -0.378 e. The first-order valence-corrected chi connectivity index (χ1v) is 9.17. The van der Waals surface area contributed by atoms with E-state index in [4.69, 9.17) is 4.74 Å². The number of carbonyl (C=O) groups is 1. The number of ether oxygens (including phenoxy) is 1. The lowest BCUT2D eigenvalue weighted by Gasteiger charge is -2.22. The molecule has 1 aliphatic rings. The number of piperidine rings is 1. The van der Waals surface area contributed by atoms with Crippen molar-refractivity contribution in [3.05, 3.63) is 0 Å². The predicted octanol–water partition coefficient (Wildman–Crippen LogP) is 4.25. The van der Waals surface area contributed by atoms with Crippen LogP contribution in [0, 0.1) is 0 Å². The average Bonchev–Trinajstić information content (AvgIpc) is 2.51. The molecule has 1 N–H and O–H groups in total. The molecule has 0 saturated carbocycles. The van der Waals surface area contributed by atoms with E-state index >= 15 is 0 Å². The van der Waals surface area contributed by atoms with Crippen LogP contribution in [0.25, 0.3) is 0 Å². The summed E-state index contributed by atoms with van der Waals surface area (Å²) in [6.45, 7) is 4.98. The van der Waals surface area contributed by atoms with Gasteiger partial charge in [0.05, 0.1) is 12.7 Å². The lowest BCUT2D eigenvalue weighted by molar-refractivity contribution is -0.120. The molecular weight excluding hydrogens is 262 g/mol. The van der Waals surface area contributed by atoms with Crippen LogP contribution in [0.3, 0.4) is 0 Å². The Balaban J connectivity index is 1.83. The number of hydrogen-bond acceptors (Lipinski definition) is 3. The molecule has 124 valence electrons. The van der Waals surface area contributed by atoms with Gasteiger partial charge < -0.3 is 10.1 Å². The normalized spacial score (nSPS) is 16.2. The van der Waals surface area contributed by atoms with Crippen molar-refractivity contribution in [1.82, 2.24) is 5.32 Å². The summed E-state index contributed by atoms with van der Waals surface area (Å²) < 4.78 is 5.78. The smallest absolute Gasteiger partial charge is 0.135 e. The Kier molecular flexibility index (Phi) is 11.8. The van der Waals surface area contributed by atoms with Crippen LogP contribution in [-0.2, 0) is 9.53 Å². The Morgan fingerprint density at radius 1 is 0.952 bits per heavy atom. The van der Waals surface area contributed by atoms with Gasteiger partial charge in [-0.25, -0.2) is 0 Å². The first-order chi connectivity index (χ1) is 10.3. The average molecular weight is 297 g/mol. The molecule has 0 aromatic carbocycles. The largest absolute Gasteiger partial charge is 0.378 e. The number of hydrogen-bond donors (Lipinski definition) is 1. The second-order valence-corrected chi connectivity index (χ2v) is 6.33. The molecule has 1 saturated heterocycles. The van der Waals surface area contributed by atoms with Gasteiger partial charge in [-0.1, -0.05) is 51.9 Å². The van der Waals surface area contributed by atoms with Gasteiger partial charge in [0.25, 0.3) is 0 Å². The van der Waals surface area contributed by atoms with Crippen molar-refractivity contribution in [3.8, 4) is 0 Å². The van der Waals surface area contributed by atoms with E-state index in [-0.39, 0.29) is 0 Å². The quantitative estimate of drug-likeness (QED) is 0.517. The van der Waals surface area contributed by atoms with Gasteiger partial charge in [-0.3, -0.25) is 4.79 Å². The van der Waals surface area contributed by atoms with Crippen LogP contribution in [0.1, 0.15) is 84.0 Å². The van der Waals surface area contributed by atoms with Crippen molar-refractivity contribution in [2.24, 2.45) is 0 Å². The Bertz CT molecular complexity index is 250. The topological polar surface area (TPSA) is 38.3 Å². The van der Waals surface area contributed by atoms with Crippen LogP contribution in [0.2, 0.25) is 0 Å². The zero-order valence-corrected chi connectivity index (χ0v) is 14.0. The predicted molar refractivity (Wildman–Crippen MR) is 88.7 cm³/mol. The van der Waals surface area contributed by atoms with Crippen LogP contribution in [0.4, 0.5) is 0 Å². The Morgan fingerprint density at radius 2 is 1.57 bits per heavy atom. The molecule has 3 nitrogen and oxygen atoms in total. The molecule has 0 aromatic heterocycles. The maximum absolute atomic E-state index is 11.8. The highest BCUT2D eigenvalue weighted by atomic mass is 16.5. The minimum atomic E-state index is 0.377. The summed E-state index contributed by atoms with van der Waals surface area (Å²) in [5.74, 6) is 0.384. The van der Waals surface area contributed by atoms with Crippen LogP contribution in [0.5, 0.6) is 0 Å². The van der Waals surface area contributed by atoms with Gasteiger partial charge >= 0.3 is 0 Å². The molecule has 1 aliphatic heterocycles. The number of rotatable bonds is 13. The van der Waals surface area contributed by atoms with E-state index in [0.29, 0.717) is 24.9 Å². The van der Waals surface area contributed by atoms with E-state index in [1.54, 1.807) is 0 Å². The molecule has 0 amide bonds. The first kappa shape index (κ1) is 18.6. The van der Waals surface area contributed by atoms with Gasteiger partial charge in [0.15, 0.2) is 0 Å². The second-order valence-electron chi connectivity index (χ2n) is 6.33. The van der Waals surface area contributed by atoms with E-state index in [2.05, 4.69) is 12.2 Å². The third-order valence-electron chi connectivity index (χ3n) is 4.33. The van der Waals surface area contributed by atoms with E-state index in [0.717, 1.165) is 38.8 Å². The van der Waals surface area contributed by atoms with E-state index in [1.165, 1.54) is 44.9 Å². The van der Waals surface area contributed by atoms with Gasteiger partial charge in [0.2, 0.25) is 0 Å². The molecular formula is C18H35NO2. The van der Waals surface area contributed by atoms with Gasteiger partial charge in [0, 0.05) is 12.8 Å². The van der Waals surface area contributed by atoms with Crippen LogP contribution in [0.15, 0.2) is 0 Å². The highest BCUT2D eigenvalue weighted by Crippen LogP contribution is 2.11. The second kappa shape index (κ2) is 13.3. The SMILES string of the molecule is CCCCCCCCCCC(=O)CCOC1CCNCC1. The molecule has 1 fully saturated rings. The standard InChI is InChI=1S/C18H35NO2/c1-2-3-4-5-6-7-8-9-10-17(20)13-16-21-18-11-14-19-15-12-18/h18-19H,2-16H2,1H3. The number of ketones is 1. The summed E-state index contributed by atoms with van der Waals surface area (Å²) in [7, 11) is 0. The van der Waals surface area contributed by atoms with Crippen molar-refractivity contribution < 1.29 is 9.53 Å². The molecule has 0 aromatic rings. The Labute approximate surface area is 131 Å². The number of unbranched alkanes of at least 4 members (excludes halogenated alkanes) is 7. The van der Waals surface area contributed by atoms with Gasteiger partial charge in [-0.05, 0) is 32.4 Å². The van der Waals surface area contributed by atoms with Crippen molar-refractivity contribution in [3.63, 3.8) is 0 Å². The molecule has 0 unspecified atom stereocenters. The molecule has 0 bridgehead atoms. The molecule has 0 radical (unpaired) electrons. The van der Waals surface area contributed by atoms with Gasteiger partial charge in [-0.2, -0.15) is 0 Å². The van der Waals surface area contributed by atoms with E-state index < -0.39 is 0 Å². The zero-order valence-electron chi connectivity index (χ0n) is 14.0. The summed E-state index contributed by atoms with van der Waals surface area (Å²) in [5, 5.41) is 3.32. The van der Waals surface area contributed by atoms with E-state index in [1.807, 2.05) is 0 Å². The Morgan fingerprint density at radius 3 is 2.24 bits per heavy atom. The third kappa shape index (κ3) is 10.9. The Hall–Kier alpha value is -0.410. The van der Waals surface area contributed by atoms with Gasteiger partial charge in [-0.15, -0.1) is 0 Å². The number of nitrogens with one attached hydrogen (secondary N) is 1. The molecule has 0 atom stereocenters. The third-order valence-corrected chi connectivity index (χ3v) is 4.33. The monoisotopic (exact) mass is 297 g/mol. The van der Waals surface area contributed by atoms with Crippen LogP contribution in [-0.4, -0.2) is 31.6 Å². The summed E-state index contributed by atoms with van der Waals surface area (Å²) in [6, 6.07) is 0. The summed E-state index contributed by atoms with van der Waals surface area (Å²) in [5.41, 5.74) is 0. The summed E-state index contributed by atoms with van der Waals surface area (Å²) >= 11 is 0. The number of carbonyl (C=O) groups excluding carboxylic acids is 1.